The molecular formula is C23H38O4. The van der Waals surface area contributed by atoms with Gasteiger partial charge in [-0.1, -0.05) is 37.8 Å². The maximum atomic E-state index is 10.8. The molecule has 0 aliphatic heterocycles. The van der Waals surface area contributed by atoms with Gasteiger partial charge >= 0.3 is 5.97 Å². The molecule has 0 aromatic carbocycles. The Bertz CT molecular complexity index is 536. The number of hydrogen-bond donors (Lipinski definition) is 3. The van der Waals surface area contributed by atoms with Crippen molar-refractivity contribution >= 4 is 5.97 Å². The van der Waals surface area contributed by atoms with Gasteiger partial charge in [-0.15, -0.1) is 0 Å². The minimum absolute atomic E-state index is 0.179. The number of aliphatic carboxylic acids is 1. The number of rotatable bonds is 8. The molecule has 0 spiro atoms. The molecule has 0 aromatic rings. The number of fused-ring (bicyclic) bond motifs is 1. The van der Waals surface area contributed by atoms with Gasteiger partial charge in [0.15, 0.2) is 0 Å². The molecule has 3 aliphatic rings. The molecule has 4 nitrogen and oxygen atoms in total. The lowest BCUT2D eigenvalue weighted by molar-refractivity contribution is -0.136. The third-order valence-electron chi connectivity index (χ3n) is 8.06. The lowest BCUT2D eigenvalue weighted by atomic mass is 9.45. The first kappa shape index (κ1) is 20.9. The summed E-state index contributed by atoms with van der Waals surface area (Å²) in [6.07, 6.45) is 14.4. The molecular weight excluding hydrogens is 340 g/mol. The average molecular weight is 379 g/mol. The second-order valence-corrected chi connectivity index (χ2v) is 9.29. The Kier molecular flexibility index (Phi) is 7.02. The Labute approximate surface area is 164 Å². The molecule has 3 aliphatic carbocycles. The van der Waals surface area contributed by atoms with E-state index in [-0.39, 0.29) is 30.0 Å². The van der Waals surface area contributed by atoms with Gasteiger partial charge in [0.25, 0.3) is 0 Å². The van der Waals surface area contributed by atoms with E-state index in [1.165, 1.54) is 24.8 Å². The number of hydrogen-bond acceptors (Lipinski definition) is 3. The van der Waals surface area contributed by atoms with Crippen molar-refractivity contribution in [3.05, 3.63) is 11.6 Å². The number of aliphatic hydroxyl groups excluding tert-OH is 2. The van der Waals surface area contributed by atoms with Gasteiger partial charge in [0.05, 0.1) is 12.2 Å². The van der Waals surface area contributed by atoms with E-state index >= 15 is 0 Å². The normalized spacial score (nSPS) is 36.9. The van der Waals surface area contributed by atoms with Crippen LogP contribution >= 0.6 is 0 Å². The summed E-state index contributed by atoms with van der Waals surface area (Å²) in [5, 5.41) is 30.2. The van der Waals surface area contributed by atoms with E-state index in [1.54, 1.807) is 0 Å². The smallest absolute Gasteiger partial charge is 0.303 e. The summed E-state index contributed by atoms with van der Waals surface area (Å²) in [6.45, 7) is 2.24. The van der Waals surface area contributed by atoms with Crippen molar-refractivity contribution < 1.29 is 20.1 Å². The van der Waals surface area contributed by atoms with Crippen molar-refractivity contribution in [2.45, 2.75) is 103 Å². The highest BCUT2D eigenvalue weighted by Gasteiger charge is 2.56. The lowest BCUT2D eigenvalue weighted by Crippen LogP contribution is -2.53. The molecule has 27 heavy (non-hydrogen) atoms. The summed E-state index contributed by atoms with van der Waals surface area (Å²) in [5.74, 6) is 0.514. The average Bonchev–Trinajstić information content (AvgIpc) is 2.66. The van der Waals surface area contributed by atoms with Gasteiger partial charge in [-0.3, -0.25) is 4.79 Å². The fourth-order valence-corrected chi connectivity index (χ4v) is 6.37. The zero-order chi connectivity index (χ0) is 19.4. The number of allylic oxidation sites excluding steroid dienone is 2. The van der Waals surface area contributed by atoms with Crippen LogP contribution in [0.3, 0.4) is 0 Å². The highest BCUT2D eigenvalue weighted by molar-refractivity contribution is 5.66. The Morgan fingerprint density at radius 2 is 2.00 bits per heavy atom. The van der Waals surface area contributed by atoms with Crippen molar-refractivity contribution in [2.24, 2.45) is 23.2 Å². The molecule has 1 unspecified atom stereocenters. The van der Waals surface area contributed by atoms with E-state index in [2.05, 4.69) is 13.0 Å². The van der Waals surface area contributed by atoms with Gasteiger partial charge in [-0.2, -0.15) is 0 Å². The second kappa shape index (κ2) is 9.09. The van der Waals surface area contributed by atoms with E-state index in [9.17, 15) is 15.0 Å². The van der Waals surface area contributed by atoms with Gasteiger partial charge < -0.3 is 15.3 Å². The minimum atomic E-state index is -0.734. The molecule has 0 radical (unpaired) electrons. The van der Waals surface area contributed by atoms with Crippen molar-refractivity contribution in [3.63, 3.8) is 0 Å². The zero-order valence-corrected chi connectivity index (χ0v) is 16.9. The van der Waals surface area contributed by atoms with Crippen molar-refractivity contribution in [2.75, 3.05) is 0 Å². The van der Waals surface area contributed by atoms with E-state index in [1.807, 2.05) is 0 Å². The van der Waals surface area contributed by atoms with Crippen LogP contribution in [0.2, 0.25) is 0 Å². The predicted molar refractivity (Wildman–Crippen MR) is 106 cm³/mol. The quantitative estimate of drug-likeness (QED) is 0.536. The van der Waals surface area contributed by atoms with Gasteiger partial charge in [0.2, 0.25) is 0 Å². The Morgan fingerprint density at radius 1 is 1.26 bits per heavy atom. The van der Waals surface area contributed by atoms with Gasteiger partial charge in [0, 0.05) is 6.42 Å². The van der Waals surface area contributed by atoms with E-state index in [4.69, 9.17) is 5.11 Å². The summed E-state index contributed by atoms with van der Waals surface area (Å²) in [7, 11) is 0. The molecule has 4 heteroatoms. The van der Waals surface area contributed by atoms with Crippen molar-refractivity contribution in [3.8, 4) is 0 Å². The summed E-state index contributed by atoms with van der Waals surface area (Å²) >= 11 is 0. The van der Waals surface area contributed by atoms with Crippen LogP contribution < -0.4 is 0 Å². The highest BCUT2D eigenvalue weighted by Crippen LogP contribution is 2.63. The van der Waals surface area contributed by atoms with Crippen LogP contribution in [0.25, 0.3) is 0 Å². The summed E-state index contributed by atoms with van der Waals surface area (Å²) in [6, 6.07) is 0. The predicted octanol–water partition coefficient (Wildman–Crippen LogP) is 4.69. The third-order valence-corrected chi connectivity index (χ3v) is 8.06. The second-order valence-electron chi connectivity index (χ2n) is 9.29. The topological polar surface area (TPSA) is 77.8 Å². The zero-order valence-electron chi connectivity index (χ0n) is 16.9. The van der Waals surface area contributed by atoms with Gasteiger partial charge in [-0.05, 0) is 81.0 Å². The Hall–Kier alpha value is -0.870. The van der Waals surface area contributed by atoms with Crippen LogP contribution in [0, 0.1) is 23.2 Å². The highest BCUT2D eigenvalue weighted by atomic mass is 16.4. The maximum absolute atomic E-state index is 10.8. The van der Waals surface area contributed by atoms with E-state index in [0.29, 0.717) is 18.3 Å². The molecule has 3 saturated carbocycles. The van der Waals surface area contributed by atoms with Crippen molar-refractivity contribution in [1.82, 2.24) is 0 Å². The first-order valence-corrected chi connectivity index (χ1v) is 11.3. The molecule has 3 fully saturated rings. The maximum Gasteiger partial charge on any atom is 0.303 e. The number of carboxylic acid groups (broad SMARTS) is 1. The van der Waals surface area contributed by atoms with Crippen LogP contribution in [-0.2, 0) is 4.79 Å². The molecule has 154 valence electrons. The number of carboxylic acids is 1. The molecule has 0 saturated heterocycles. The fraction of sp³-hybridized carbons (Fsp3) is 0.870. The largest absolute Gasteiger partial charge is 0.481 e. The van der Waals surface area contributed by atoms with E-state index < -0.39 is 5.97 Å². The SMILES string of the molecule is CC[C@]12CC[C@@H](O)[C@H](CCC(O)C3CCCCC3)[C@H]1CC2=CCCC(=O)O. The monoisotopic (exact) mass is 378 g/mol. The number of aliphatic hydroxyl groups is 2. The Morgan fingerprint density at radius 3 is 2.67 bits per heavy atom. The van der Waals surface area contributed by atoms with Gasteiger partial charge in [0.1, 0.15) is 0 Å². The summed E-state index contributed by atoms with van der Waals surface area (Å²) in [4.78, 5) is 10.8. The van der Waals surface area contributed by atoms with Crippen LogP contribution in [0.15, 0.2) is 11.6 Å². The van der Waals surface area contributed by atoms with Crippen LogP contribution in [-0.4, -0.2) is 33.5 Å². The minimum Gasteiger partial charge on any atom is -0.481 e. The van der Waals surface area contributed by atoms with Gasteiger partial charge in [-0.25, -0.2) is 0 Å². The summed E-state index contributed by atoms with van der Waals surface area (Å²) < 4.78 is 0. The van der Waals surface area contributed by atoms with Crippen LogP contribution in [0.4, 0.5) is 0 Å². The summed E-state index contributed by atoms with van der Waals surface area (Å²) in [5.41, 5.74) is 1.61. The fourth-order valence-electron chi connectivity index (χ4n) is 6.37. The molecule has 5 atom stereocenters. The first-order chi connectivity index (χ1) is 13.0. The molecule has 3 rings (SSSR count). The van der Waals surface area contributed by atoms with Crippen LogP contribution in [0.1, 0.15) is 90.4 Å². The molecule has 0 amide bonds. The molecule has 0 bridgehead atoms. The Balaban J connectivity index is 1.60. The molecule has 0 heterocycles. The van der Waals surface area contributed by atoms with Crippen molar-refractivity contribution in [1.29, 1.82) is 0 Å². The molecule has 0 aromatic heterocycles. The standard InChI is InChI=1S/C23H38O4/c1-2-23-14-13-21(25)18(11-12-20(24)16-7-4-3-5-8-16)19(23)15-17(23)9-6-10-22(26)27/h9,16,18-21,24-25H,2-8,10-15H2,1H3,(H,26,27)/t18-,19-,20?,21-,23-/m1/s1. The lowest BCUT2D eigenvalue weighted by Gasteiger charge is -2.60. The first-order valence-electron chi connectivity index (χ1n) is 11.3. The third kappa shape index (κ3) is 4.42. The molecule has 3 N–H and O–H groups in total. The van der Waals surface area contributed by atoms with E-state index in [0.717, 1.165) is 51.4 Å². The van der Waals surface area contributed by atoms with Crippen LogP contribution in [0.5, 0.6) is 0 Å². The number of carbonyl (C=O) groups is 1.